The van der Waals surface area contributed by atoms with Crippen LogP contribution in [0.25, 0.3) is 0 Å². The van der Waals surface area contributed by atoms with Gasteiger partial charge in [-0.2, -0.15) is 0 Å². The van der Waals surface area contributed by atoms with Gasteiger partial charge in [0.05, 0.1) is 12.8 Å². The quantitative estimate of drug-likeness (QED) is 0.816. The first-order chi connectivity index (χ1) is 13.3. The van der Waals surface area contributed by atoms with Crippen molar-refractivity contribution < 1.29 is 9.53 Å². The van der Waals surface area contributed by atoms with Crippen molar-refractivity contribution >= 4 is 17.3 Å². The number of piperazine rings is 1. The first-order valence-corrected chi connectivity index (χ1v) is 9.75. The average Bonchev–Trinajstić information content (AvgIpc) is 3.17. The Hall–Kier alpha value is -2.53. The van der Waals surface area contributed by atoms with Crippen LogP contribution in [0.4, 0.5) is 11.4 Å². The molecule has 0 aliphatic carbocycles. The summed E-state index contributed by atoms with van der Waals surface area (Å²) in [5, 5.41) is 0. The predicted octanol–water partition coefficient (Wildman–Crippen LogP) is 2.80. The molecule has 0 atom stereocenters. The van der Waals surface area contributed by atoms with Gasteiger partial charge in [-0.25, -0.2) is 0 Å². The smallest absolute Gasteiger partial charge is 0.228 e. The van der Waals surface area contributed by atoms with Gasteiger partial charge in [-0.1, -0.05) is 30.3 Å². The van der Waals surface area contributed by atoms with Crippen LogP contribution in [-0.2, 0) is 11.2 Å². The second-order valence-electron chi connectivity index (χ2n) is 7.17. The van der Waals surface area contributed by atoms with E-state index >= 15 is 0 Å². The fraction of sp³-hybridized carbons (Fsp3) is 0.409. The highest BCUT2D eigenvalue weighted by Gasteiger charge is 2.25. The minimum Gasteiger partial charge on any atom is -0.495 e. The maximum atomic E-state index is 12.7. The molecule has 0 spiro atoms. The summed E-state index contributed by atoms with van der Waals surface area (Å²) in [6, 6.07) is 16.4. The normalized spacial score (nSPS) is 17.1. The predicted molar refractivity (Wildman–Crippen MR) is 109 cm³/mol. The maximum absolute atomic E-state index is 12.7. The van der Waals surface area contributed by atoms with Crippen LogP contribution in [0.3, 0.4) is 0 Å². The van der Waals surface area contributed by atoms with E-state index < -0.39 is 0 Å². The lowest BCUT2D eigenvalue weighted by Crippen LogP contribution is -2.47. The highest BCUT2D eigenvalue weighted by atomic mass is 16.5. The molecule has 4 rings (SSSR count). The maximum Gasteiger partial charge on any atom is 0.228 e. The first kappa shape index (κ1) is 17.9. The molecule has 2 aromatic carbocycles. The number of fused-ring (bicyclic) bond motifs is 1. The minimum atomic E-state index is 0.243. The van der Waals surface area contributed by atoms with Gasteiger partial charge < -0.3 is 14.5 Å². The van der Waals surface area contributed by atoms with Crippen molar-refractivity contribution in [3.8, 4) is 5.75 Å². The molecule has 0 unspecified atom stereocenters. The largest absolute Gasteiger partial charge is 0.495 e. The molecular formula is C22H27N3O2. The van der Waals surface area contributed by atoms with E-state index in [9.17, 15) is 4.79 Å². The van der Waals surface area contributed by atoms with Gasteiger partial charge in [-0.05, 0) is 30.2 Å². The van der Waals surface area contributed by atoms with E-state index in [1.54, 1.807) is 7.11 Å². The zero-order chi connectivity index (χ0) is 18.6. The molecular weight excluding hydrogens is 338 g/mol. The third-order valence-electron chi connectivity index (χ3n) is 5.63. The summed E-state index contributed by atoms with van der Waals surface area (Å²) < 4.78 is 5.48. The average molecular weight is 365 g/mol. The SMILES string of the molecule is COc1ccccc1N1CCN(CCC(=O)N2CCc3ccccc32)CC1. The number of hydrogen-bond acceptors (Lipinski definition) is 4. The molecule has 5 nitrogen and oxygen atoms in total. The Kier molecular flexibility index (Phi) is 5.30. The number of anilines is 2. The van der Waals surface area contributed by atoms with Crippen LogP contribution in [-0.4, -0.2) is 57.2 Å². The number of amides is 1. The van der Waals surface area contributed by atoms with Crippen molar-refractivity contribution in [2.75, 3.05) is 56.2 Å². The van der Waals surface area contributed by atoms with E-state index in [1.165, 1.54) is 5.56 Å². The molecule has 2 aliphatic rings. The zero-order valence-corrected chi connectivity index (χ0v) is 15.9. The van der Waals surface area contributed by atoms with Gasteiger partial charge in [-0.15, -0.1) is 0 Å². The van der Waals surface area contributed by atoms with Crippen LogP contribution < -0.4 is 14.5 Å². The van der Waals surface area contributed by atoms with Crippen LogP contribution in [0.5, 0.6) is 5.75 Å². The molecule has 2 aromatic rings. The van der Waals surface area contributed by atoms with Gasteiger partial charge in [0.15, 0.2) is 0 Å². The number of para-hydroxylation sites is 3. The lowest BCUT2D eigenvalue weighted by atomic mass is 10.2. The Balaban J connectivity index is 1.28. The molecule has 0 saturated carbocycles. The van der Waals surface area contributed by atoms with Crippen LogP contribution in [0.1, 0.15) is 12.0 Å². The van der Waals surface area contributed by atoms with Crippen molar-refractivity contribution in [2.45, 2.75) is 12.8 Å². The molecule has 0 bridgehead atoms. The van der Waals surface area contributed by atoms with Gasteiger partial charge in [0, 0.05) is 51.4 Å². The van der Waals surface area contributed by atoms with Gasteiger partial charge in [0.2, 0.25) is 5.91 Å². The fourth-order valence-electron chi connectivity index (χ4n) is 4.09. The number of carbonyl (C=O) groups is 1. The summed E-state index contributed by atoms with van der Waals surface area (Å²) in [6.45, 7) is 5.52. The molecule has 1 amide bonds. The van der Waals surface area contributed by atoms with Crippen LogP contribution in [0.15, 0.2) is 48.5 Å². The van der Waals surface area contributed by atoms with Crippen molar-refractivity contribution in [3.05, 3.63) is 54.1 Å². The molecule has 2 heterocycles. The van der Waals surface area contributed by atoms with E-state index in [-0.39, 0.29) is 5.91 Å². The summed E-state index contributed by atoms with van der Waals surface area (Å²) in [5.74, 6) is 1.17. The minimum absolute atomic E-state index is 0.243. The summed E-state index contributed by atoms with van der Waals surface area (Å²) in [6.07, 6.45) is 1.56. The lowest BCUT2D eigenvalue weighted by Gasteiger charge is -2.36. The monoisotopic (exact) mass is 365 g/mol. The zero-order valence-electron chi connectivity index (χ0n) is 15.9. The number of rotatable bonds is 5. The molecule has 0 radical (unpaired) electrons. The van der Waals surface area contributed by atoms with Gasteiger partial charge in [0.25, 0.3) is 0 Å². The Morgan fingerprint density at radius 3 is 2.41 bits per heavy atom. The number of nitrogens with zero attached hydrogens (tertiary/aromatic N) is 3. The number of hydrogen-bond donors (Lipinski definition) is 0. The van der Waals surface area contributed by atoms with E-state index in [1.807, 2.05) is 29.2 Å². The molecule has 27 heavy (non-hydrogen) atoms. The highest BCUT2D eigenvalue weighted by molar-refractivity contribution is 5.95. The van der Waals surface area contributed by atoms with Crippen LogP contribution in [0.2, 0.25) is 0 Å². The van der Waals surface area contributed by atoms with Crippen molar-refractivity contribution in [1.29, 1.82) is 0 Å². The Morgan fingerprint density at radius 1 is 0.926 bits per heavy atom. The van der Waals surface area contributed by atoms with E-state index in [0.717, 1.165) is 62.8 Å². The summed E-state index contributed by atoms with van der Waals surface area (Å²) in [5.41, 5.74) is 3.55. The van der Waals surface area contributed by atoms with Crippen molar-refractivity contribution in [1.82, 2.24) is 4.90 Å². The molecule has 1 fully saturated rings. The Labute approximate surface area is 161 Å². The lowest BCUT2D eigenvalue weighted by molar-refractivity contribution is -0.118. The molecule has 1 saturated heterocycles. The first-order valence-electron chi connectivity index (χ1n) is 9.75. The fourth-order valence-corrected chi connectivity index (χ4v) is 4.09. The van der Waals surface area contributed by atoms with E-state index in [4.69, 9.17) is 4.74 Å². The number of benzene rings is 2. The summed E-state index contributed by atoms with van der Waals surface area (Å²) in [4.78, 5) is 19.4. The van der Waals surface area contributed by atoms with E-state index in [2.05, 4.69) is 34.1 Å². The number of ether oxygens (including phenoxy) is 1. The van der Waals surface area contributed by atoms with Gasteiger partial charge in [-0.3, -0.25) is 9.69 Å². The van der Waals surface area contributed by atoms with Crippen LogP contribution >= 0.6 is 0 Å². The third kappa shape index (κ3) is 3.78. The highest BCUT2D eigenvalue weighted by Crippen LogP contribution is 2.29. The van der Waals surface area contributed by atoms with Crippen molar-refractivity contribution in [3.63, 3.8) is 0 Å². The summed E-state index contributed by atoms with van der Waals surface area (Å²) >= 11 is 0. The molecule has 142 valence electrons. The Morgan fingerprint density at radius 2 is 1.63 bits per heavy atom. The molecule has 0 N–H and O–H groups in total. The second-order valence-corrected chi connectivity index (χ2v) is 7.17. The van der Waals surface area contributed by atoms with Gasteiger partial charge in [0.1, 0.15) is 5.75 Å². The molecule has 2 aliphatic heterocycles. The number of methoxy groups -OCH3 is 1. The van der Waals surface area contributed by atoms with Crippen LogP contribution in [0, 0.1) is 0 Å². The molecule has 0 aromatic heterocycles. The van der Waals surface area contributed by atoms with Gasteiger partial charge >= 0.3 is 0 Å². The number of carbonyl (C=O) groups excluding carboxylic acids is 1. The third-order valence-corrected chi connectivity index (χ3v) is 5.63. The second kappa shape index (κ2) is 8.01. The van der Waals surface area contributed by atoms with E-state index in [0.29, 0.717) is 6.42 Å². The molecule has 5 heteroatoms. The Bertz CT molecular complexity index is 800. The topological polar surface area (TPSA) is 36.0 Å². The standard InChI is InChI=1S/C22H27N3O2/c1-27-21-9-5-4-8-20(21)24-16-14-23(15-17-24)12-11-22(26)25-13-10-18-6-2-3-7-19(18)25/h2-9H,10-17H2,1H3. The summed E-state index contributed by atoms with van der Waals surface area (Å²) in [7, 11) is 1.72. The van der Waals surface area contributed by atoms with Crippen molar-refractivity contribution in [2.24, 2.45) is 0 Å².